The Hall–Kier alpha value is -1.51. The van der Waals surface area contributed by atoms with Crippen molar-refractivity contribution >= 4 is 33.9 Å². The zero-order chi connectivity index (χ0) is 16.7. The number of ether oxygens (including phenoxy) is 2. The van der Waals surface area contributed by atoms with Gasteiger partial charge in [0, 0.05) is 12.8 Å². The van der Waals surface area contributed by atoms with E-state index in [-0.39, 0.29) is 36.0 Å². The summed E-state index contributed by atoms with van der Waals surface area (Å²) in [5.74, 6) is 0.586. The highest BCUT2D eigenvalue weighted by Crippen LogP contribution is 2.44. The molecule has 2 aliphatic heterocycles. The number of methoxy groups -OCH3 is 1. The van der Waals surface area contributed by atoms with Crippen LogP contribution >= 0.6 is 12.4 Å². The molecule has 9 heteroatoms. The van der Waals surface area contributed by atoms with Crippen LogP contribution in [0.4, 0.5) is 5.69 Å². The van der Waals surface area contributed by atoms with E-state index >= 15 is 0 Å². The topological polar surface area (TPSA) is 93.7 Å². The van der Waals surface area contributed by atoms with Gasteiger partial charge in [-0.25, -0.2) is 8.42 Å². The lowest BCUT2D eigenvalue weighted by molar-refractivity contribution is 0.0183. The van der Waals surface area contributed by atoms with Crippen LogP contribution in [0.3, 0.4) is 0 Å². The molecule has 0 aromatic heterocycles. The fraction of sp³-hybridized carbons (Fsp3) is 0.533. The number of hydrogen-bond acceptors (Lipinski definition) is 6. The summed E-state index contributed by atoms with van der Waals surface area (Å²) in [6.45, 7) is 1.63. The maximum Gasteiger partial charge on any atom is 0.229 e. The molecule has 0 amide bonds. The van der Waals surface area contributed by atoms with Crippen molar-refractivity contribution in [1.82, 2.24) is 5.32 Å². The number of ketones is 1. The highest BCUT2D eigenvalue weighted by Gasteiger charge is 2.43. The van der Waals surface area contributed by atoms with E-state index in [4.69, 9.17) is 9.47 Å². The Balaban J connectivity index is 0.00000208. The van der Waals surface area contributed by atoms with Gasteiger partial charge in [0.2, 0.25) is 10.0 Å². The van der Waals surface area contributed by atoms with E-state index in [1.165, 1.54) is 7.11 Å². The number of halogens is 1. The first-order valence-corrected chi connectivity index (χ1v) is 9.34. The van der Waals surface area contributed by atoms with Gasteiger partial charge in [0.15, 0.2) is 11.5 Å². The van der Waals surface area contributed by atoms with Crippen molar-refractivity contribution < 1.29 is 22.7 Å². The van der Waals surface area contributed by atoms with E-state index in [9.17, 15) is 13.2 Å². The molecule has 0 bridgehead atoms. The van der Waals surface area contributed by atoms with Gasteiger partial charge in [-0.3, -0.25) is 9.52 Å². The molecule has 1 saturated heterocycles. The second-order valence-electron chi connectivity index (χ2n) is 6.03. The van der Waals surface area contributed by atoms with Gasteiger partial charge in [-0.2, -0.15) is 0 Å². The molecule has 1 aromatic rings. The number of nitrogens with one attached hydrogen (secondary N) is 2. The van der Waals surface area contributed by atoms with Crippen LogP contribution in [-0.4, -0.2) is 46.3 Å². The smallest absolute Gasteiger partial charge is 0.229 e. The number of rotatable bonds is 3. The monoisotopic (exact) mass is 376 g/mol. The Morgan fingerprint density at radius 1 is 1.29 bits per heavy atom. The van der Waals surface area contributed by atoms with E-state index in [1.807, 2.05) is 0 Å². The molecule has 1 fully saturated rings. The van der Waals surface area contributed by atoms with Gasteiger partial charge < -0.3 is 14.8 Å². The maximum absolute atomic E-state index is 12.7. The number of sulfonamides is 1. The molecule has 24 heavy (non-hydrogen) atoms. The Bertz CT molecular complexity index is 744. The molecule has 7 nitrogen and oxygen atoms in total. The molecule has 3 rings (SSSR count). The molecule has 1 aromatic carbocycles. The zero-order valence-electron chi connectivity index (χ0n) is 13.5. The number of carbonyl (C=O) groups excluding carboxylic acids is 1. The first kappa shape index (κ1) is 18.8. The molecule has 0 unspecified atom stereocenters. The second kappa shape index (κ2) is 6.78. The van der Waals surface area contributed by atoms with Crippen LogP contribution in [0, 0.1) is 0 Å². The highest BCUT2D eigenvalue weighted by molar-refractivity contribution is 7.92. The SMILES string of the molecule is COc1c(NS(C)(=O)=O)ccc2c1C(=O)CC1(CCNCC1)O2.Cl. The number of benzene rings is 1. The van der Waals surface area contributed by atoms with Crippen LogP contribution in [0.1, 0.15) is 29.6 Å². The molecule has 1 spiro atoms. The van der Waals surface area contributed by atoms with Crippen LogP contribution < -0.4 is 19.5 Å². The molecule has 0 atom stereocenters. The number of hydrogen-bond donors (Lipinski definition) is 2. The van der Waals surface area contributed by atoms with Crippen LogP contribution in [-0.2, 0) is 10.0 Å². The average Bonchev–Trinajstić information content (AvgIpc) is 2.47. The Morgan fingerprint density at radius 3 is 2.54 bits per heavy atom. The molecular weight excluding hydrogens is 356 g/mol. The molecule has 2 N–H and O–H groups in total. The first-order chi connectivity index (χ1) is 10.8. The fourth-order valence-corrected chi connectivity index (χ4v) is 3.78. The Morgan fingerprint density at radius 2 is 1.96 bits per heavy atom. The molecule has 0 aliphatic carbocycles. The quantitative estimate of drug-likeness (QED) is 0.831. The number of piperidine rings is 1. The van der Waals surface area contributed by atoms with Gasteiger partial charge in [-0.1, -0.05) is 0 Å². The van der Waals surface area contributed by atoms with Crippen molar-refractivity contribution in [2.75, 3.05) is 31.2 Å². The third-order valence-corrected chi connectivity index (χ3v) is 4.81. The third-order valence-electron chi connectivity index (χ3n) is 4.22. The van der Waals surface area contributed by atoms with Gasteiger partial charge >= 0.3 is 0 Å². The van der Waals surface area contributed by atoms with Gasteiger partial charge in [0.05, 0.1) is 25.5 Å². The predicted octanol–water partition coefficient (Wildman–Crippen LogP) is 1.58. The normalized spacial score (nSPS) is 19.0. The van der Waals surface area contributed by atoms with Crippen molar-refractivity contribution in [3.05, 3.63) is 17.7 Å². The van der Waals surface area contributed by atoms with Gasteiger partial charge in [-0.05, 0) is 25.2 Å². The lowest BCUT2D eigenvalue weighted by Gasteiger charge is -2.41. The summed E-state index contributed by atoms with van der Waals surface area (Å²) < 4.78 is 36.7. The van der Waals surface area contributed by atoms with E-state index in [0.29, 0.717) is 11.3 Å². The summed E-state index contributed by atoms with van der Waals surface area (Å²) in [5, 5.41) is 3.26. The number of fused-ring (bicyclic) bond motifs is 1. The molecule has 0 saturated carbocycles. The Kier molecular flexibility index (Phi) is 5.31. The summed E-state index contributed by atoms with van der Waals surface area (Å²) in [6, 6.07) is 3.19. The molecule has 2 aliphatic rings. The van der Waals surface area contributed by atoms with Gasteiger partial charge in [0.1, 0.15) is 16.9 Å². The number of Topliss-reactive ketones (excluding diaryl/α,β-unsaturated/α-hetero) is 1. The standard InChI is InChI=1S/C15H20N2O5S.ClH/c1-21-14-10(17-23(2,19)20)3-4-12-13(14)11(18)9-15(22-12)5-7-16-8-6-15;/h3-4,16-17H,5-9H2,1-2H3;1H. The lowest BCUT2D eigenvalue weighted by atomic mass is 9.82. The number of carbonyl (C=O) groups is 1. The van der Waals surface area contributed by atoms with Crippen LogP contribution in [0.5, 0.6) is 11.5 Å². The van der Waals surface area contributed by atoms with Crippen LogP contribution in [0.25, 0.3) is 0 Å². The minimum absolute atomic E-state index is 0. The van der Waals surface area contributed by atoms with Crippen LogP contribution in [0.15, 0.2) is 12.1 Å². The zero-order valence-corrected chi connectivity index (χ0v) is 15.2. The largest absolute Gasteiger partial charge is 0.494 e. The second-order valence-corrected chi connectivity index (χ2v) is 7.78. The lowest BCUT2D eigenvalue weighted by Crippen LogP contribution is -2.49. The summed E-state index contributed by atoms with van der Waals surface area (Å²) in [6.07, 6.45) is 2.86. The van der Waals surface area contributed by atoms with Crippen molar-refractivity contribution in [3.8, 4) is 11.5 Å². The summed E-state index contributed by atoms with van der Waals surface area (Å²) in [7, 11) is -2.06. The summed E-state index contributed by atoms with van der Waals surface area (Å²) >= 11 is 0. The molecule has 0 radical (unpaired) electrons. The Labute approximate surface area is 147 Å². The summed E-state index contributed by atoms with van der Waals surface area (Å²) in [5.41, 5.74) is 0.0869. The molecule has 134 valence electrons. The van der Waals surface area contributed by atoms with Crippen LogP contribution in [0.2, 0.25) is 0 Å². The number of anilines is 1. The fourth-order valence-electron chi connectivity index (χ4n) is 3.22. The predicted molar refractivity (Wildman–Crippen MR) is 93.1 cm³/mol. The van der Waals surface area contributed by atoms with E-state index < -0.39 is 15.6 Å². The van der Waals surface area contributed by atoms with E-state index in [0.717, 1.165) is 32.2 Å². The van der Waals surface area contributed by atoms with E-state index in [1.54, 1.807) is 12.1 Å². The summed E-state index contributed by atoms with van der Waals surface area (Å²) in [4.78, 5) is 12.7. The van der Waals surface area contributed by atoms with Gasteiger partial charge in [0.25, 0.3) is 0 Å². The van der Waals surface area contributed by atoms with Crippen molar-refractivity contribution in [2.45, 2.75) is 24.9 Å². The minimum atomic E-state index is -3.47. The van der Waals surface area contributed by atoms with Crippen molar-refractivity contribution in [1.29, 1.82) is 0 Å². The minimum Gasteiger partial charge on any atom is -0.494 e. The first-order valence-electron chi connectivity index (χ1n) is 7.45. The molecular formula is C15H21ClN2O5S. The van der Waals surface area contributed by atoms with E-state index in [2.05, 4.69) is 10.0 Å². The average molecular weight is 377 g/mol. The third kappa shape index (κ3) is 3.60. The van der Waals surface area contributed by atoms with Gasteiger partial charge in [-0.15, -0.1) is 12.4 Å². The molecule has 2 heterocycles. The van der Waals surface area contributed by atoms with Crippen molar-refractivity contribution in [2.24, 2.45) is 0 Å². The van der Waals surface area contributed by atoms with Crippen molar-refractivity contribution in [3.63, 3.8) is 0 Å². The maximum atomic E-state index is 12.7. The highest BCUT2D eigenvalue weighted by atomic mass is 35.5.